The fourth-order valence-electron chi connectivity index (χ4n) is 3.65. The molecule has 3 aromatic heterocycles. The van der Waals surface area contributed by atoms with Crippen molar-refractivity contribution in [1.29, 1.82) is 5.26 Å². The fourth-order valence-corrected chi connectivity index (χ4v) is 3.65. The Balaban J connectivity index is 1.76. The Hall–Kier alpha value is -3.34. The lowest BCUT2D eigenvalue weighted by atomic mass is 10.1. The summed E-state index contributed by atoms with van der Waals surface area (Å²) in [4.78, 5) is 30.7. The van der Waals surface area contributed by atoms with Gasteiger partial charge in [-0.3, -0.25) is 9.78 Å². The zero-order chi connectivity index (χ0) is 21.4. The molecule has 0 bridgehead atoms. The van der Waals surface area contributed by atoms with Crippen molar-refractivity contribution in [2.75, 3.05) is 0 Å². The van der Waals surface area contributed by atoms with Crippen LogP contribution < -0.4 is 5.32 Å². The highest BCUT2D eigenvalue weighted by atomic mass is 16.2. The van der Waals surface area contributed by atoms with Crippen molar-refractivity contribution in [2.45, 2.75) is 59.0 Å². The molecule has 1 aliphatic rings. The maximum absolute atomic E-state index is 12.9. The van der Waals surface area contributed by atoms with Crippen LogP contribution in [0.2, 0.25) is 0 Å². The van der Waals surface area contributed by atoms with Gasteiger partial charge < -0.3 is 9.88 Å². The molecule has 0 unspecified atom stereocenters. The van der Waals surface area contributed by atoms with Gasteiger partial charge in [-0.1, -0.05) is 12.8 Å². The molecular weight excluding hydrogens is 378 g/mol. The first-order chi connectivity index (χ1) is 14.4. The Labute approximate surface area is 175 Å². The van der Waals surface area contributed by atoms with Crippen molar-refractivity contribution in [2.24, 2.45) is 5.92 Å². The Bertz CT molecular complexity index is 1140. The van der Waals surface area contributed by atoms with E-state index in [1.807, 2.05) is 13.8 Å². The van der Waals surface area contributed by atoms with Crippen LogP contribution in [0.1, 0.15) is 78.5 Å². The van der Waals surface area contributed by atoms with Crippen LogP contribution in [0.4, 0.5) is 0 Å². The second kappa shape index (κ2) is 7.82. The minimum absolute atomic E-state index is 0.0996. The lowest BCUT2D eigenvalue weighted by Crippen LogP contribution is -2.32. The topological polar surface area (TPSA) is 109 Å². The number of nitrogens with one attached hydrogen (secondary N) is 1. The van der Waals surface area contributed by atoms with E-state index in [1.165, 1.54) is 6.20 Å². The monoisotopic (exact) mass is 403 g/mol. The van der Waals surface area contributed by atoms with Crippen molar-refractivity contribution >= 4 is 17.1 Å². The molecule has 1 amide bonds. The van der Waals surface area contributed by atoms with Crippen molar-refractivity contribution < 1.29 is 4.79 Å². The summed E-state index contributed by atoms with van der Waals surface area (Å²) in [5.41, 5.74) is 3.65. The molecule has 0 aromatic carbocycles. The Morgan fingerprint density at radius 3 is 2.63 bits per heavy atom. The van der Waals surface area contributed by atoms with Crippen molar-refractivity contribution in [1.82, 2.24) is 29.8 Å². The zero-order valence-corrected chi connectivity index (χ0v) is 17.7. The highest BCUT2D eigenvalue weighted by Gasteiger charge is 2.32. The smallest absolute Gasteiger partial charge is 0.272 e. The number of nitrogens with zero attached hydrogens (tertiary/aromatic N) is 6. The summed E-state index contributed by atoms with van der Waals surface area (Å²) in [6, 6.07) is 3.79. The van der Waals surface area contributed by atoms with Gasteiger partial charge in [0, 0.05) is 12.2 Å². The highest BCUT2D eigenvalue weighted by Crippen LogP contribution is 2.38. The molecule has 1 fully saturated rings. The van der Waals surface area contributed by atoms with Crippen molar-refractivity contribution in [3.63, 3.8) is 0 Å². The molecule has 1 aliphatic carbocycles. The lowest BCUT2D eigenvalue weighted by Gasteiger charge is -2.21. The molecule has 4 rings (SSSR count). The predicted octanol–water partition coefficient (Wildman–Crippen LogP) is 3.56. The molecule has 1 N–H and O–H groups in total. The first-order valence-corrected chi connectivity index (χ1v) is 10.3. The van der Waals surface area contributed by atoms with E-state index in [0.717, 1.165) is 36.4 Å². The van der Waals surface area contributed by atoms with Crippen molar-refractivity contribution in [3.8, 4) is 6.07 Å². The molecule has 1 atom stereocenters. The van der Waals surface area contributed by atoms with E-state index in [4.69, 9.17) is 4.98 Å². The molecule has 0 spiro atoms. The molecule has 8 heteroatoms. The number of rotatable bonds is 6. The maximum Gasteiger partial charge on any atom is 0.272 e. The second-order valence-corrected chi connectivity index (χ2v) is 8.26. The molecule has 3 aromatic rings. The predicted molar refractivity (Wildman–Crippen MR) is 112 cm³/mol. The number of imidazole rings is 1. The van der Waals surface area contributed by atoms with Crippen LogP contribution in [-0.2, 0) is 0 Å². The third-order valence-corrected chi connectivity index (χ3v) is 5.42. The number of carbonyl (C=O) groups excluding carboxylic acids is 1. The molecule has 30 heavy (non-hydrogen) atoms. The van der Waals surface area contributed by atoms with E-state index in [1.54, 1.807) is 12.3 Å². The molecule has 0 saturated heterocycles. The van der Waals surface area contributed by atoms with Crippen LogP contribution in [0.25, 0.3) is 11.2 Å². The largest absolute Gasteiger partial charge is 0.341 e. The van der Waals surface area contributed by atoms with Gasteiger partial charge in [-0.05, 0) is 46.1 Å². The van der Waals surface area contributed by atoms with Gasteiger partial charge in [0.15, 0.2) is 5.65 Å². The summed E-state index contributed by atoms with van der Waals surface area (Å²) >= 11 is 0. The molecular formula is C22H25N7O. The summed E-state index contributed by atoms with van der Waals surface area (Å²) in [6.45, 7) is 7.80. The number of carbonyl (C=O) groups is 1. The maximum atomic E-state index is 12.9. The van der Waals surface area contributed by atoms with E-state index in [2.05, 4.69) is 44.8 Å². The molecule has 0 aliphatic heterocycles. The van der Waals surface area contributed by atoms with Gasteiger partial charge in [0.2, 0.25) is 0 Å². The SMILES string of the molecule is Cc1cnc(C(=O)N[C@@H](CC2CC2)c2nc3cc(C#N)c(C)nc3n2C(C)C)cn1. The van der Waals surface area contributed by atoms with Crippen LogP contribution in [-0.4, -0.2) is 30.4 Å². The summed E-state index contributed by atoms with van der Waals surface area (Å²) in [7, 11) is 0. The highest BCUT2D eigenvalue weighted by molar-refractivity contribution is 5.92. The number of amides is 1. The van der Waals surface area contributed by atoms with E-state index in [0.29, 0.717) is 22.7 Å². The summed E-state index contributed by atoms with van der Waals surface area (Å²) in [5.74, 6) is 1.07. The summed E-state index contributed by atoms with van der Waals surface area (Å²) in [6.07, 6.45) is 6.22. The number of aromatic nitrogens is 5. The van der Waals surface area contributed by atoms with Gasteiger partial charge in [0.05, 0.1) is 29.2 Å². The third-order valence-electron chi connectivity index (χ3n) is 5.42. The first-order valence-electron chi connectivity index (χ1n) is 10.3. The zero-order valence-electron chi connectivity index (χ0n) is 17.7. The van der Waals surface area contributed by atoms with Crippen LogP contribution in [0, 0.1) is 31.1 Å². The summed E-state index contributed by atoms with van der Waals surface area (Å²) < 4.78 is 2.07. The van der Waals surface area contributed by atoms with Gasteiger partial charge >= 0.3 is 0 Å². The van der Waals surface area contributed by atoms with Crippen LogP contribution >= 0.6 is 0 Å². The number of nitriles is 1. The molecule has 0 radical (unpaired) electrons. The van der Waals surface area contributed by atoms with Gasteiger partial charge in [-0.2, -0.15) is 5.26 Å². The molecule has 1 saturated carbocycles. The average Bonchev–Trinajstić information content (AvgIpc) is 3.45. The molecule has 8 nitrogen and oxygen atoms in total. The minimum atomic E-state index is -0.268. The van der Waals surface area contributed by atoms with E-state index in [9.17, 15) is 10.1 Å². The normalized spacial score (nSPS) is 14.7. The lowest BCUT2D eigenvalue weighted by molar-refractivity contribution is 0.0925. The van der Waals surface area contributed by atoms with Crippen LogP contribution in [0.3, 0.4) is 0 Å². The number of pyridine rings is 1. The van der Waals surface area contributed by atoms with E-state index < -0.39 is 0 Å². The minimum Gasteiger partial charge on any atom is -0.341 e. The van der Waals surface area contributed by atoms with Crippen LogP contribution in [0.15, 0.2) is 18.5 Å². The Morgan fingerprint density at radius 1 is 1.27 bits per heavy atom. The van der Waals surface area contributed by atoms with Gasteiger partial charge in [-0.25, -0.2) is 15.0 Å². The van der Waals surface area contributed by atoms with Crippen molar-refractivity contribution in [3.05, 3.63) is 46.9 Å². The second-order valence-electron chi connectivity index (χ2n) is 8.26. The summed E-state index contributed by atoms with van der Waals surface area (Å²) in [5, 5.41) is 12.5. The standard InChI is InChI=1S/C22H25N7O/c1-12(2)29-20-18(8-16(9-23)14(4)26-20)27-21(29)17(7-15-5-6-15)28-22(30)19-11-24-13(3)10-25-19/h8,10-12,15,17H,5-7H2,1-4H3,(H,28,30)/t17-/m0/s1. The number of fused-ring (bicyclic) bond motifs is 1. The van der Waals surface area contributed by atoms with Crippen LogP contribution in [0.5, 0.6) is 0 Å². The van der Waals surface area contributed by atoms with Gasteiger partial charge in [0.25, 0.3) is 5.91 Å². The van der Waals surface area contributed by atoms with E-state index in [-0.39, 0.29) is 23.7 Å². The number of aryl methyl sites for hydroxylation is 2. The fraction of sp³-hybridized carbons (Fsp3) is 0.455. The van der Waals surface area contributed by atoms with Gasteiger partial charge in [-0.15, -0.1) is 0 Å². The molecule has 3 heterocycles. The quantitative estimate of drug-likeness (QED) is 0.674. The third kappa shape index (κ3) is 3.88. The first kappa shape index (κ1) is 20.0. The average molecular weight is 403 g/mol. The Kier molecular flexibility index (Phi) is 5.20. The Morgan fingerprint density at radius 2 is 2.03 bits per heavy atom. The van der Waals surface area contributed by atoms with E-state index >= 15 is 0 Å². The van der Waals surface area contributed by atoms with Gasteiger partial charge in [0.1, 0.15) is 23.1 Å². The number of hydrogen-bond donors (Lipinski definition) is 1. The number of hydrogen-bond acceptors (Lipinski definition) is 6. The molecule has 154 valence electrons.